The summed E-state index contributed by atoms with van der Waals surface area (Å²) >= 11 is 0. The average Bonchev–Trinajstić information content (AvgIpc) is 2.18. The number of allylic oxidation sites excluding steroid dienone is 1. The predicted molar refractivity (Wildman–Crippen MR) is 60.3 cm³/mol. The van der Waals surface area contributed by atoms with Crippen molar-refractivity contribution in [3.8, 4) is 0 Å². The SMILES string of the molecule is CCCCOC/C=C(/C)OCCCC. The van der Waals surface area contributed by atoms with Crippen LogP contribution in [0, 0.1) is 0 Å². The smallest absolute Gasteiger partial charge is 0.0911 e. The van der Waals surface area contributed by atoms with Crippen molar-refractivity contribution >= 4 is 0 Å². The van der Waals surface area contributed by atoms with Crippen molar-refractivity contribution < 1.29 is 9.47 Å². The second-order valence-electron chi connectivity index (χ2n) is 3.45. The molecule has 84 valence electrons. The van der Waals surface area contributed by atoms with Gasteiger partial charge in [0, 0.05) is 6.61 Å². The van der Waals surface area contributed by atoms with E-state index < -0.39 is 0 Å². The Kier molecular flexibility index (Phi) is 10.2. The van der Waals surface area contributed by atoms with Crippen molar-refractivity contribution in [3.05, 3.63) is 11.8 Å². The van der Waals surface area contributed by atoms with Gasteiger partial charge >= 0.3 is 0 Å². The fraction of sp³-hybridized carbons (Fsp3) is 0.833. The Hall–Kier alpha value is -0.500. The molecule has 0 saturated heterocycles. The molecule has 2 nitrogen and oxygen atoms in total. The van der Waals surface area contributed by atoms with Crippen molar-refractivity contribution in [2.75, 3.05) is 19.8 Å². The van der Waals surface area contributed by atoms with E-state index in [1.807, 2.05) is 13.0 Å². The summed E-state index contributed by atoms with van der Waals surface area (Å²) in [6, 6.07) is 0. The van der Waals surface area contributed by atoms with E-state index in [2.05, 4.69) is 13.8 Å². The second-order valence-corrected chi connectivity index (χ2v) is 3.45. The minimum atomic E-state index is 0.679. The molecule has 0 fully saturated rings. The van der Waals surface area contributed by atoms with Crippen LogP contribution in [0.15, 0.2) is 11.8 Å². The maximum Gasteiger partial charge on any atom is 0.0911 e. The minimum absolute atomic E-state index is 0.679. The zero-order valence-corrected chi connectivity index (χ0v) is 9.84. The first-order valence-electron chi connectivity index (χ1n) is 5.68. The molecule has 0 bridgehead atoms. The Morgan fingerprint density at radius 1 is 1.07 bits per heavy atom. The summed E-state index contributed by atoms with van der Waals surface area (Å²) in [5, 5.41) is 0. The van der Waals surface area contributed by atoms with Gasteiger partial charge in [-0.25, -0.2) is 0 Å². The number of rotatable bonds is 9. The van der Waals surface area contributed by atoms with Gasteiger partial charge in [-0.3, -0.25) is 0 Å². The van der Waals surface area contributed by atoms with Crippen molar-refractivity contribution in [2.24, 2.45) is 0 Å². The fourth-order valence-electron chi connectivity index (χ4n) is 0.942. The summed E-state index contributed by atoms with van der Waals surface area (Å²) in [4.78, 5) is 0. The van der Waals surface area contributed by atoms with Crippen LogP contribution < -0.4 is 0 Å². The standard InChI is InChI=1S/C12H24O2/c1-4-6-9-13-11-8-12(3)14-10-7-5-2/h8H,4-7,9-11H2,1-3H3/b12-8-. The quantitative estimate of drug-likeness (QED) is 0.419. The molecule has 0 radical (unpaired) electrons. The van der Waals surface area contributed by atoms with Crippen LogP contribution in [-0.2, 0) is 9.47 Å². The van der Waals surface area contributed by atoms with Crippen molar-refractivity contribution in [1.82, 2.24) is 0 Å². The first kappa shape index (κ1) is 13.5. The van der Waals surface area contributed by atoms with Gasteiger partial charge in [-0.15, -0.1) is 0 Å². The molecule has 0 aliphatic carbocycles. The lowest BCUT2D eigenvalue weighted by Crippen LogP contribution is -1.97. The summed E-state index contributed by atoms with van der Waals surface area (Å²) < 4.78 is 10.9. The lowest BCUT2D eigenvalue weighted by atomic mass is 10.3. The third kappa shape index (κ3) is 9.59. The van der Waals surface area contributed by atoms with Crippen LogP contribution >= 0.6 is 0 Å². The average molecular weight is 200 g/mol. The number of hydrogen-bond donors (Lipinski definition) is 0. The van der Waals surface area contributed by atoms with E-state index in [1.165, 1.54) is 12.8 Å². The highest BCUT2D eigenvalue weighted by Gasteiger charge is 1.90. The molecule has 0 aromatic carbocycles. The molecule has 0 N–H and O–H groups in total. The first-order chi connectivity index (χ1) is 6.81. The molecule has 0 heterocycles. The highest BCUT2D eigenvalue weighted by Crippen LogP contribution is 1.98. The topological polar surface area (TPSA) is 18.5 Å². The molecule has 2 heteroatoms. The highest BCUT2D eigenvalue weighted by atomic mass is 16.5. The molecule has 0 rings (SSSR count). The first-order valence-corrected chi connectivity index (χ1v) is 5.68. The van der Waals surface area contributed by atoms with E-state index in [-0.39, 0.29) is 0 Å². The lowest BCUT2D eigenvalue weighted by molar-refractivity contribution is 0.151. The third-order valence-electron chi connectivity index (χ3n) is 1.96. The molecule has 14 heavy (non-hydrogen) atoms. The normalized spacial score (nSPS) is 11.8. The van der Waals surface area contributed by atoms with Gasteiger partial charge in [0.2, 0.25) is 0 Å². The lowest BCUT2D eigenvalue weighted by Gasteiger charge is -2.05. The number of unbranched alkanes of at least 4 members (excludes halogenated alkanes) is 2. The molecule has 0 aromatic rings. The van der Waals surface area contributed by atoms with Gasteiger partial charge in [0.1, 0.15) is 0 Å². The zero-order valence-electron chi connectivity index (χ0n) is 9.84. The van der Waals surface area contributed by atoms with Crippen LogP contribution in [0.1, 0.15) is 46.5 Å². The van der Waals surface area contributed by atoms with E-state index >= 15 is 0 Å². The molecule has 0 saturated carbocycles. The maximum absolute atomic E-state index is 5.47. The van der Waals surface area contributed by atoms with Gasteiger partial charge in [0.05, 0.1) is 19.0 Å². The Bertz CT molecular complexity index is 141. The molecule has 0 spiro atoms. The predicted octanol–water partition coefficient (Wildman–Crippen LogP) is 3.52. The molecule has 0 aliphatic heterocycles. The Morgan fingerprint density at radius 3 is 2.36 bits per heavy atom. The summed E-state index contributed by atoms with van der Waals surface area (Å²) in [5.41, 5.74) is 0. The van der Waals surface area contributed by atoms with E-state index in [0.717, 1.165) is 31.8 Å². The molecule has 0 aromatic heterocycles. The van der Waals surface area contributed by atoms with Crippen LogP contribution in [0.3, 0.4) is 0 Å². The fourth-order valence-corrected chi connectivity index (χ4v) is 0.942. The number of ether oxygens (including phenoxy) is 2. The van der Waals surface area contributed by atoms with Crippen LogP contribution in [0.4, 0.5) is 0 Å². The molecule has 0 unspecified atom stereocenters. The Morgan fingerprint density at radius 2 is 1.71 bits per heavy atom. The monoisotopic (exact) mass is 200 g/mol. The van der Waals surface area contributed by atoms with Gasteiger partial charge in [-0.1, -0.05) is 26.7 Å². The molecular formula is C12H24O2. The number of hydrogen-bond acceptors (Lipinski definition) is 2. The van der Waals surface area contributed by atoms with E-state index in [1.54, 1.807) is 0 Å². The summed E-state index contributed by atoms with van der Waals surface area (Å²) in [6.45, 7) is 8.68. The van der Waals surface area contributed by atoms with Gasteiger partial charge in [0.15, 0.2) is 0 Å². The largest absolute Gasteiger partial charge is 0.498 e. The maximum atomic E-state index is 5.47. The second kappa shape index (κ2) is 10.6. The van der Waals surface area contributed by atoms with Gasteiger partial charge in [-0.05, 0) is 25.8 Å². The molecule has 0 amide bonds. The molecule has 0 atom stereocenters. The summed E-state index contributed by atoms with van der Waals surface area (Å²) in [5.74, 6) is 0.981. The summed E-state index contributed by atoms with van der Waals surface area (Å²) in [7, 11) is 0. The van der Waals surface area contributed by atoms with Gasteiger partial charge < -0.3 is 9.47 Å². The Labute approximate surface area is 88.3 Å². The van der Waals surface area contributed by atoms with Crippen LogP contribution in [0.5, 0.6) is 0 Å². The van der Waals surface area contributed by atoms with E-state index in [0.29, 0.717) is 6.61 Å². The van der Waals surface area contributed by atoms with Crippen LogP contribution in [0.25, 0.3) is 0 Å². The Balaban J connectivity index is 3.27. The van der Waals surface area contributed by atoms with Crippen LogP contribution in [-0.4, -0.2) is 19.8 Å². The molecule has 0 aliphatic rings. The van der Waals surface area contributed by atoms with Gasteiger partial charge in [0.25, 0.3) is 0 Å². The van der Waals surface area contributed by atoms with Crippen molar-refractivity contribution in [1.29, 1.82) is 0 Å². The highest BCUT2D eigenvalue weighted by molar-refractivity contribution is 4.88. The van der Waals surface area contributed by atoms with E-state index in [4.69, 9.17) is 9.47 Å². The zero-order chi connectivity index (χ0) is 10.6. The molecular weight excluding hydrogens is 176 g/mol. The van der Waals surface area contributed by atoms with Crippen molar-refractivity contribution in [3.63, 3.8) is 0 Å². The third-order valence-corrected chi connectivity index (χ3v) is 1.96. The van der Waals surface area contributed by atoms with Crippen molar-refractivity contribution in [2.45, 2.75) is 46.5 Å². The summed E-state index contributed by atoms with van der Waals surface area (Å²) in [6.07, 6.45) is 6.65. The van der Waals surface area contributed by atoms with Gasteiger partial charge in [-0.2, -0.15) is 0 Å². The van der Waals surface area contributed by atoms with Crippen LogP contribution in [0.2, 0.25) is 0 Å². The van der Waals surface area contributed by atoms with E-state index in [9.17, 15) is 0 Å². The minimum Gasteiger partial charge on any atom is -0.498 e.